The Kier molecular flexibility index (Phi) is 4.16. The molecule has 19 heavy (non-hydrogen) atoms. The van der Waals surface area contributed by atoms with Crippen molar-refractivity contribution in [3.05, 3.63) is 32.8 Å². The van der Waals surface area contributed by atoms with E-state index in [9.17, 15) is 14.9 Å². The number of carbonyl (C=O) groups excluding carboxylic acids is 1. The lowest BCUT2D eigenvalue weighted by molar-refractivity contribution is -0.384. The molecule has 1 aromatic rings. The van der Waals surface area contributed by atoms with Crippen LogP contribution >= 0.6 is 15.9 Å². The standard InChI is InChI=1S/C12H14BrN3O3/c13-9-5-8(16(18)19)3-4-11(9)15-12(17)6-10(14)7-1-2-7/h3-5,7,10H,1-2,6,14H2,(H,15,17). The zero-order valence-corrected chi connectivity index (χ0v) is 11.7. The SMILES string of the molecule is NC(CC(=O)Nc1ccc([N+](=O)[O-])cc1Br)C1CC1. The molecule has 1 fully saturated rings. The number of nitro benzene ring substituents is 1. The van der Waals surface area contributed by atoms with Gasteiger partial charge in [-0.3, -0.25) is 14.9 Å². The lowest BCUT2D eigenvalue weighted by Gasteiger charge is -2.11. The number of hydrogen-bond acceptors (Lipinski definition) is 4. The van der Waals surface area contributed by atoms with E-state index in [1.807, 2.05) is 0 Å². The quantitative estimate of drug-likeness (QED) is 0.640. The first-order chi connectivity index (χ1) is 8.97. The third kappa shape index (κ3) is 3.74. The minimum Gasteiger partial charge on any atom is -0.327 e. The van der Waals surface area contributed by atoms with Gasteiger partial charge in [-0.1, -0.05) is 0 Å². The van der Waals surface area contributed by atoms with Crippen LogP contribution in [-0.4, -0.2) is 16.9 Å². The smallest absolute Gasteiger partial charge is 0.270 e. The number of halogens is 1. The number of nitro groups is 1. The Bertz CT molecular complexity index is 517. The fraction of sp³-hybridized carbons (Fsp3) is 0.417. The summed E-state index contributed by atoms with van der Waals surface area (Å²) in [7, 11) is 0. The van der Waals surface area contributed by atoms with E-state index in [0.29, 0.717) is 16.1 Å². The van der Waals surface area contributed by atoms with Crippen LogP contribution in [0, 0.1) is 16.0 Å². The molecule has 1 unspecified atom stereocenters. The summed E-state index contributed by atoms with van der Waals surface area (Å²) in [5.41, 5.74) is 6.36. The van der Waals surface area contributed by atoms with Gasteiger partial charge in [0.15, 0.2) is 0 Å². The third-order valence-corrected chi connectivity index (χ3v) is 3.74. The molecule has 2 rings (SSSR count). The molecule has 1 atom stereocenters. The number of benzene rings is 1. The predicted octanol–water partition coefficient (Wildman–Crippen LogP) is 2.42. The maximum atomic E-state index is 11.8. The van der Waals surface area contributed by atoms with Crippen molar-refractivity contribution >= 4 is 33.2 Å². The van der Waals surface area contributed by atoms with E-state index in [-0.39, 0.29) is 24.1 Å². The molecule has 1 aromatic carbocycles. The van der Waals surface area contributed by atoms with Gasteiger partial charge in [0, 0.05) is 29.1 Å². The maximum absolute atomic E-state index is 11.8. The summed E-state index contributed by atoms with van der Waals surface area (Å²) in [4.78, 5) is 21.9. The van der Waals surface area contributed by atoms with Crippen LogP contribution in [0.25, 0.3) is 0 Å². The molecule has 7 heteroatoms. The second-order valence-electron chi connectivity index (χ2n) is 4.67. The number of carbonyl (C=O) groups is 1. The van der Waals surface area contributed by atoms with Gasteiger partial charge >= 0.3 is 0 Å². The average molecular weight is 328 g/mol. The van der Waals surface area contributed by atoms with Crippen LogP contribution in [-0.2, 0) is 4.79 Å². The second-order valence-corrected chi connectivity index (χ2v) is 5.53. The minimum atomic E-state index is -0.487. The van der Waals surface area contributed by atoms with E-state index in [1.165, 1.54) is 18.2 Å². The summed E-state index contributed by atoms with van der Waals surface area (Å²) < 4.78 is 0.482. The van der Waals surface area contributed by atoms with E-state index < -0.39 is 4.92 Å². The Balaban J connectivity index is 1.98. The zero-order chi connectivity index (χ0) is 14.0. The van der Waals surface area contributed by atoms with Crippen molar-refractivity contribution in [2.24, 2.45) is 11.7 Å². The lowest BCUT2D eigenvalue weighted by Crippen LogP contribution is -2.28. The highest BCUT2D eigenvalue weighted by Crippen LogP contribution is 2.33. The monoisotopic (exact) mass is 327 g/mol. The molecule has 0 aliphatic heterocycles. The largest absolute Gasteiger partial charge is 0.327 e. The second kappa shape index (κ2) is 5.66. The molecule has 0 spiro atoms. The van der Waals surface area contributed by atoms with Gasteiger partial charge in [0.25, 0.3) is 5.69 Å². The summed E-state index contributed by atoms with van der Waals surface area (Å²) in [5.74, 6) is 0.292. The van der Waals surface area contributed by atoms with Crippen molar-refractivity contribution in [2.45, 2.75) is 25.3 Å². The maximum Gasteiger partial charge on any atom is 0.270 e. The van der Waals surface area contributed by atoms with Gasteiger partial charge in [0.1, 0.15) is 0 Å². The molecule has 0 saturated heterocycles. The van der Waals surface area contributed by atoms with Crippen molar-refractivity contribution in [3.63, 3.8) is 0 Å². The van der Waals surface area contributed by atoms with E-state index in [2.05, 4.69) is 21.2 Å². The Hall–Kier alpha value is -1.47. The molecular weight excluding hydrogens is 314 g/mol. The number of hydrogen-bond donors (Lipinski definition) is 2. The Morgan fingerprint density at radius 2 is 2.26 bits per heavy atom. The van der Waals surface area contributed by atoms with E-state index in [0.717, 1.165) is 12.8 Å². The molecule has 1 aliphatic carbocycles. The summed E-state index contributed by atoms with van der Waals surface area (Å²) in [5, 5.41) is 13.3. The normalized spacial score (nSPS) is 15.9. The van der Waals surface area contributed by atoms with Crippen LogP contribution in [0.3, 0.4) is 0 Å². The van der Waals surface area contributed by atoms with Crippen LogP contribution in [0.2, 0.25) is 0 Å². The summed E-state index contributed by atoms with van der Waals surface area (Å²) in [6.45, 7) is 0. The fourth-order valence-electron chi connectivity index (χ4n) is 1.83. The molecule has 1 saturated carbocycles. The number of nitrogens with two attached hydrogens (primary N) is 1. The van der Waals surface area contributed by atoms with Crippen LogP contribution in [0.15, 0.2) is 22.7 Å². The highest BCUT2D eigenvalue weighted by molar-refractivity contribution is 9.10. The highest BCUT2D eigenvalue weighted by Gasteiger charge is 2.29. The first-order valence-electron chi connectivity index (χ1n) is 5.96. The topological polar surface area (TPSA) is 98.3 Å². The molecular formula is C12H14BrN3O3. The predicted molar refractivity (Wildman–Crippen MR) is 74.7 cm³/mol. The number of nitrogens with one attached hydrogen (secondary N) is 1. The number of non-ortho nitro benzene ring substituents is 1. The first-order valence-corrected chi connectivity index (χ1v) is 6.76. The molecule has 0 bridgehead atoms. The first kappa shape index (κ1) is 14.0. The minimum absolute atomic E-state index is 0.0282. The van der Waals surface area contributed by atoms with Gasteiger partial charge in [0.05, 0.1) is 10.6 Å². The van der Waals surface area contributed by atoms with Gasteiger partial charge in [0.2, 0.25) is 5.91 Å². The van der Waals surface area contributed by atoms with E-state index >= 15 is 0 Å². The van der Waals surface area contributed by atoms with Gasteiger partial charge in [-0.25, -0.2) is 0 Å². The molecule has 1 aliphatic rings. The van der Waals surface area contributed by atoms with E-state index in [4.69, 9.17) is 5.73 Å². The lowest BCUT2D eigenvalue weighted by atomic mass is 10.1. The van der Waals surface area contributed by atoms with Crippen molar-refractivity contribution in [3.8, 4) is 0 Å². The summed E-state index contributed by atoms with van der Waals surface area (Å²) in [6.07, 6.45) is 2.46. The molecule has 3 N–H and O–H groups in total. The third-order valence-electron chi connectivity index (χ3n) is 3.09. The highest BCUT2D eigenvalue weighted by atomic mass is 79.9. The Morgan fingerprint density at radius 3 is 2.79 bits per heavy atom. The fourth-order valence-corrected chi connectivity index (χ4v) is 2.29. The zero-order valence-electron chi connectivity index (χ0n) is 10.1. The summed E-state index contributed by atoms with van der Waals surface area (Å²) >= 11 is 3.20. The van der Waals surface area contributed by atoms with Crippen LogP contribution < -0.4 is 11.1 Å². The van der Waals surface area contributed by atoms with E-state index in [1.54, 1.807) is 0 Å². The van der Waals surface area contributed by atoms with Gasteiger partial charge in [-0.2, -0.15) is 0 Å². The van der Waals surface area contributed by atoms with Crippen molar-refractivity contribution in [1.82, 2.24) is 0 Å². The Morgan fingerprint density at radius 1 is 1.58 bits per heavy atom. The molecule has 0 heterocycles. The Labute approximate surface area is 118 Å². The van der Waals surface area contributed by atoms with Crippen LogP contribution in [0.5, 0.6) is 0 Å². The van der Waals surface area contributed by atoms with Gasteiger partial charge in [-0.05, 0) is 40.8 Å². The van der Waals surface area contributed by atoms with Gasteiger partial charge in [-0.15, -0.1) is 0 Å². The molecule has 6 nitrogen and oxygen atoms in total. The molecule has 102 valence electrons. The number of nitrogens with zero attached hydrogens (tertiary/aromatic N) is 1. The molecule has 0 radical (unpaired) electrons. The van der Waals surface area contributed by atoms with Crippen LogP contribution in [0.4, 0.5) is 11.4 Å². The number of anilines is 1. The van der Waals surface area contributed by atoms with Crippen LogP contribution in [0.1, 0.15) is 19.3 Å². The van der Waals surface area contributed by atoms with Crippen molar-refractivity contribution in [1.29, 1.82) is 0 Å². The van der Waals surface area contributed by atoms with Gasteiger partial charge < -0.3 is 11.1 Å². The summed E-state index contributed by atoms with van der Waals surface area (Å²) in [6, 6.07) is 4.11. The van der Waals surface area contributed by atoms with Crippen molar-refractivity contribution < 1.29 is 9.72 Å². The molecule has 1 amide bonds. The average Bonchev–Trinajstić information content (AvgIpc) is 3.15. The number of amides is 1. The number of rotatable bonds is 5. The van der Waals surface area contributed by atoms with Crippen molar-refractivity contribution in [2.75, 3.05) is 5.32 Å². The molecule has 0 aromatic heterocycles.